The Hall–Kier alpha value is -1.58. The van der Waals surface area contributed by atoms with Crippen molar-refractivity contribution in [3.63, 3.8) is 0 Å². The first-order chi connectivity index (χ1) is 8.65. The number of benzene rings is 1. The Morgan fingerprint density at radius 1 is 1.44 bits per heavy atom. The highest BCUT2D eigenvalue weighted by molar-refractivity contribution is 5.67. The van der Waals surface area contributed by atoms with Gasteiger partial charge in [-0.3, -0.25) is 4.79 Å². The summed E-state index contributed by atoms with van der Waals surface area (Å²) in [6.45, 7) is 0.575. The van der Waals surface area contributed by atoms with Gasteiger partial charge < -0.3 is 9.84 Å². The summed E-state index contributed by atoms with van der Waals surface area (Å²) in [5.74, 6) is -0.449. The van der Waals surface area contributed by atoms with Gasteiger partial charge in [0, 0.05) is 6.42 Å². The van der Waals surface area contributed by atoms with Gasteiger partial charge in [-0.2, -0.15) is 0 Å². The number of rotatable bonds is 6. The fourth-order valence-corrected chi connectivity index (χ4v) is 1.94. The molecule has 0 bridgehead atoms. The van der Waals surface area contributed by atoms with Crippen LogP contribution in [0.2, 0.25) is 0 Å². The van der Waals surface area contributed by atoms with E-state index in [4.69, 9.17) is 9.84 Å². The van der Waals surface area contributed by atoms with Crippen LogP contribution < -0.4 is 4.74 Å². The molecule has 0 spiro atoms. The number of carboxylic acids is 1. The van der Waals surface area contributed by atoms with Crippen LogP contribution in [0.4, 0.5) is 4.39 Å². The summed E-state index contributed by atoms with van der Waals surface area (Å²) in [4.78, 5) is 10.4. The van der Waals surface area contributed by atoms with Crippen LogP contribution in [0.1, 0.15) is 31.2 Å². The summed E-state index contributed by atoms with van der Waals surface area (Å²) in [6.07, 6.45) is 3.93. The fraction of sp³-hybridized carbons (Fsp3) is 0.500. The highest BCUT2D eigenvalue weighted by Gasteiger charge is 2.18. The Morgan fingerprint density at radius 2 is 2.22 bits per heavy atom. The molecule has 0 aromatic heterocycles. The molecule has 0 heterocycles. The van der Waals surface area contributed by atoms with Crippen molar-refractivity contribution in [1.82, 2.24) is 0 Å². The molecular weight excluding hydrogens is 235 g/mol. The molecule has 18 heavy (non-hydrogen) atoms. The molecule has 1 aromatic rings. The van der Waals surface area contributed by atoms with E-state index in [2.05, 4.69) is 0 Å². The smallest absolute Gasteiger partial charge is 0.303 e. The van der Waals surface area contributed by atoms with Crippen LogP contribution in [0.15, 0.2) is 18.2 Å². The van der Waals surface area contributed by atoms with Crippen LogP contribution in [-0.4, -0.2) is 17.7 Å². The summed E-state index contributed by atoms with van der Waals surface area (Å²) in [7, 11) is 0. The van der Waals surface area contributed by atoms with Crippen molar-refractivity contribution in [3.05, 3.63) is 29.6 Å². The lowest BCUT2D eigenvalue weighted by Gasteiger charge is -2.25. The monoisotopic (exact) mass is 252 g/mol. The molecule has 0 saturated heterocycles. The average molecular weight is 252 g/mol. The Kier molecular flexibility index (Phi) is 4.18. The Morgan fingerprint density at radius 3 is 2.78 bits per heavy atom. The minimum Gasteiger partial charge on any atom is -0.490 e. The number of ether oxygens (including phenoxy) is 1. The first-order valence-corrected chi connectivity index (χ1v) is 6.28. The molecule has 0 aliphatic heterocycles. The lowest BCUT2D eigenvalue weighted by atomic mass is 9.86. The van der Waals surface area contributed by atoms with Crippen molar-refractivity contribution in [1.29, 1.82) is 0 Å². The third kappa shape index (κ3) is 3.45. The molecule has 0 atom stereocenters. The molecule has 4 heteroatoms. The molecule has 0 amide bonds. The first kappa shape index (κ1) is 12.9. The normalized spacial score (nSPS) is 15.2. The van der Waals surface area contributed by atoms with Crippen LogP contribution in [0.25, 0.3) is 0 Å². The summed E-state index contributed by atoms with van der Waals surface area (Å²) in [6, 6.07) is 4.67. The van der Waals surface area contributed by atoms with Gasteiger partial charge in [-0.1, -0.05) is 12.5 Å². The van der Waals surface area contributed by atoms with Crippen LogP contribution >= 0.6 is 0 Å². The van der Waals surface area contributed by atoms with E-state index in [-0.39, 0.29) is 12.2 Å². The van der Waals surface area contributed by atoms with E-state index in [1.807, 2.05) is 0 Å². The van der Waals surface area contributed by atoms with Crippen LogP contribution in [0, 0.1) is 11.7 Å². The molecule has 3 nitrogen and oxygen atoms in total. The van der Waals surface area contributed by atoms with Crippen LogP contribution in [-0.2, 0) is 11.2 Å². The largest absolute Gasteiger partial charge is 0.490 e. The quantitative estimate of drug-likeness (QED) is 0.846. The number of carboxylic acid groups (broad SMARTS) is 1. The van der Waals surface area contributed by atoms with Gasteiger partial charge in [0.25, 0.3) is 0 Å². The van der Waals surface area contributed by atoms with E-state index >= 15 is 0 Å². The van der Waals surface area contributed by atoms with E-state index in [9.17, 15) is 9.18 Å². The maximum atomic E-state index is 13.7. The fourth-order valence-electron chi connectivity index (χ4n) is 1.94. The van der Waals surface area contributed by atoms with Gasteiger partial charge in [-0.05, 0) is 42.9 Å². The summed E-state index contributed by atoms with van der Waals surface area (Å²) in [5, 5.41) is 8.56. The van der Waals surface area contributed by atoms with E-state index in [1.165, 1.54) is 12.5 Å². The second-order valence-corrected chi connectivity index (χ2v) is 4.77. The molecule has 1 saturated carbocycles. The molecule has 98 valence electrons. The van der Waals surface area contributed by atoms with E-state index in [0.29, 0.717) is 24.5 Å². The van der Waals surface area contributed by atoms with Gasteiger partial charge in [0.05, 0.1) is 6.61 Å². The Labute approximate surface area is 106 Å². The number of carbonyl (C=O) groups is 1. The number of hydrogen-bond acceptors (Lipinski definition) is 2. The Balaban J connectivity index is 1.89. The zero-order chi connectivity index (χ0) is 13.0. The second-order valence-electron chi connectivity index (χ2n) is 4.77. The van der Waals surface area contributed by atoms with Gasteiger partial charge in [-0.15, -0.1) is 0 Å². The van der Waals surface area contributed by atoms with E-state index in [0.717, 1.165) is 12.8 Å². The van der Waals surface area contributed by atoms with Crippen molar-refractivity contribution in [2.75, 3.05) is 6.61 Å². The number of aryl methyl sites for hydroxylation is 1. The molecule has 1 aromatic carbocycles. The third-order valence-corrected chi connectivity index (χ3v) is 3.32. The molecule has 0 radical (unpaired) electrons. The Bertz CT molecular complexity index is 427. The second kappa shape index (κ2) is 5.85. The summed E-state index contributed by atoms with van der Waals surface area (Å²) >= 11 is 0. The lowest BCUT2D eigenvalue weighted by molar-refractivity contribution is -0.136. The predicted octanol–water partition coefficient (Wildman–Crippen LogP) is 3.02. The van der Waals surface area contributed by atoms with Crippen molar-refractivity contribution in [2.45, 2.75) is 32.1 Å². The zero-order valence-electron chi connectivity index (χ0n) is 10.2. The zero-order valence-corrected chi connectivity index (χ0v) is 10.2. The van der Waals surface area contributed by atoms with Crippen molar-refractivity contribution >= 4 is 5.97 Å². The van der Waals surface area contributed by atoms with Gasteiger partial charge in [0.2, 0.25) is 0 Å². The van der Waals surface area contributed by atoms with Crippen molar-refractivity contribution in [2.24, 2.45) is 5.92 Å². The van der Waals surface area contributed by atoms with Crippen LogP contribution in [0.3, 0.4) is 0 Å². The molecule has 1 aliphatic carbocycles. The maximum Gasteiger partial charge on any atom is 0.303 e. The number of hydrogen-bond donors (Lipinski definition) is 1. The van der Waals surface area contributed by atoms with E-state index < -0.39 is 11.8 Å². The summed E-state index contributed by atoms with van der Waals surface area (Å²) in [5.41, 5.74) is 0.686. The van der Waals surface area contributed by atoms with Crippen molar-refractivity contribution < 1.29 is 19.0 Å². The molecular formula is C14H17FO3. The van der Waals surface area contributed by atoms with Gasteiger partial charge in [0.15, 0.2) is 11.6 Å². The first-order valence-electron chi connectivity index (χ1n) is 6.28. The SMILES string of the molecule is O=C(O)CCc1ccc(OCC2CCC2)c(F)c1. The maximum absolute atomic E-state index is 13.7. The topological polar surface area (TPSA) is 46.5 Å². The highest BCUT2D eigenvalue weighted by Crippen LogP contribution is 2.28. The lowest BCUT2D eigenvalue weighted by Crippen LogP contribution is -2.19. The van der Waals surface area contributed by atoms with Crippen LogP contribution in [0.5, 0.6) is 5.75 Å². The van der Waals surface area contributed by atoms with Crippen molar-refractivity contribution in [3.8, 4) is 5.75 Å². The number of aliphatic carboxylic acids is 1. The number of halogens is 1. The molecule has 1 aliphatic rings. The van der Waals surface area contributed by atoms with Gasteiger partial charge >= 0.3 is 5.97 Å². The minimum absolute atomic E-state index is 0.0156. The standard InChI is InChI=1S/C14H17FO3/c15-12-8-10(5-7-14(16)17)4-6-13(12)18-9-11-2-1-3-11/h4,6,8,11H,1-3,5,7,9H2,(H,16,17). The summed E-state index contributed by atoms with van der Waals surface area (Å²) < 4.78 is 19.1. The predicted molar refractivity (Wildman–Crippen MR) is 65.2 cm³/mol. The van der Waals surface area contributed by atoms with E-state index in [1.54, 1.807) is 12.1 Å². The molecule has 1 fully saturated rings. The third-order valence-electron chi connectivity index (χ3n) is 3.32. The molecule has 1 N–H and O–H groups in total. The van der Waals surface area contributed by atoms with Gasteiger partial charge in [-0.25, -0.2) is 4.39 Å². The van der Waals surface area contributed by atoms with Gasteiger partial charge in [0.1, 0.15) is 0 Å². The minimum atomic E-state index is -0.874. The average Bonchev–Trinajstić information content (AvgIpc) is 2.26. The molecule has 2 rings (SSSR count). The highest BCUT2D eigenvalue weighted by atomic mass is 19.1. The molecule has 0 unspecified atom stereocenters.